The Hall–Kier alpha value is -1.03. The zero-order valence-electron chi connectivity index (χ0n) is 8.87. The largest absolute Gasteiger partial charge is 0.349 e. The van der Waals surface area contributed by atoms with Crippen LogP contribution in [0.5, 0.6) is 0 Å². The smallest absolute Gasteiger partial charge is 0.251 e. The summed E-state index contributed by atoms with van der Waals surface area (Å²) < 4.78 is 13.0. The molecular formula is C12H14FNOS. The summed E-state index contributed by atoms with van der Waals surface area (Å²) in [5.41, 5.74) is 0.471. The van der Waals surface area contributed by atoms with Crippen LogP contribution in [0.3, 0.4) is 0 Å². The highest BCUT2D eigenvalue weighted by atomic mass is 32.1. The predicted octanol–water partition coefficient (Wildman–Crippen LogP) is 2.79. The number of hydrogen-bond donors (Lipinski definition) is 2. The van der Waals surface area contributed by atoms with Crippen molar-refractivity contribution in [1.29, 1.82) is 0 Å². The molecule has 1 N–H and O–H groups in total. The summed E-state index contributed by atoms with van der Waals surface area (Å²) in [4.78, 5) is 12.0. The second kappa shape index (κ2) is 4.87. The van der Waals surface area contributed by atoms with Gasteiger partial charge in [0.05, 0.1) is 0 Å². The van der Waals surface area contributed by atoms with Crippen molar-refractivity contribution >= 4 is 18.5 Å². The third-order valence-electron chi connectivity index (χ3n) is 2.90. The van der Waals surface area contributed by atoms with E-state index in [4.69, 9.17) is 0 Å². The van der Waals surface area contributed by atoms with Gasteiger partial charge in [0, 0.05) is 16.5 Å². The lowest BCUT2D eigenvalue weighted by Crippen LogP contribution is -2.32. The molecule has 0 unspecified atom stereocenters. The molecule has 0 atom stereocenters. The van der Waals surface area contributed by atoms with E-state index in [-0.39, 0.29) is 16.8 Å². The van der Waals surface area contributed by atoms with Gasteiger partial charge >= 0.3 is 0 Å². The molecule has 0 heterocycles. The SMILES string of the molecule is O=C(NC1CCCC1)c1ccc(F)c(S)c1. The first-order chi connectivity index (χ1) is 7.66. The standard InChI is InChI=1S/C12H14FNOS/c13-10-6-5-8(7-11(10)16)12(15)14-9-3-1-2-4-9/h5-7,9,16H,1-4H2,(H,14,15). The fourth-order valence-electron chi connectivity index (χ4n) is 1.99. The average molecular weight is 239 g/mol. The van der Waals surface area contributed by atoms with Gasteiger partial charge in [0.15, 0.2) is 0 Å². The van der Waals surface area contributed by atoms with E-state index in [1.54, 1.807) is 0 Å². The highest BCUT2D eigenvalue weighted by Gasteiger charge is 2.18. The van der Waals surface area contributed by atoms with Crippen molar-refractivity contribution in [2.24, 2.45) is 0 Å². The van der Waals surface area contributed by atoms with Crippen molar-refractivity contribution in [1.82, 2.24) is 5.32 Å². The van der Waals surface area contributed by atoms with Crippen molar-refractivity contribution in [3.8, 4) is 0 Å². The van der Waals surface area contributed by atoms with E-state index in [0.29, 0.717) is 5.56 Å². The average Bonchev–Trinajstić information content (AvgIpc) is 2.74. The fraction of sp³-hybridized carbons (Fsp3) is 0.417. The molecule has 1 aliphatic rings. The summed E-state index contributed by atoms with van der Waals surface area (Å²) >= 11 is 3.96. The lowest BCUT2D eigenvalue weighted by Gasteiger charge is -2.12. The van der Waals surface area contributed by atoms with Crippen molar-refractivity contribution in [3.05, 3.63) is 29.6 Å². The first kappa shape index (κ1) is 11.5. The van der Waals surface area contributed by atoms with E-state index in [1.165, 1.54) is 31.0 Å². The summed E-state index contributed by atoms with van der Waals surface area (Å²) in [7, 11) is 0. The van der Waals surface area contributed by atoms with Gasteiger partial charge in [-0.2, -0.15) is 0 Å². The van der Waals surface area contributed by atoms with Gasteiger partial charge in [-0.15, -0.1) is 12.6 Å². The monoisotopic (exact) mass is 239 g/mol. The Labute approximate surface area is 99.6 Å². The Kier molecular flexibility index (Phi) is 3.49. The van der Waals surface area contributed by atoms with E-state index < -0.39 is 5.82 Å². The topological polar surface area (TPSA) is 29.1 Å². The van der Waals surface area contributed by atoms with Crippen LogP contribution in [0.1, 0.15) is 36.0 Å². The van der Waals surface area contributed by atoms with Crippen LogP contribution < -0.4 is 5.32 Å². The van der Waals surface area contributed by atoms with Gasteiger partial charge in [-0.1, -0.05) is 12.8 Å². The highest BCUT2D eigenvalue weighted by Crippen LogP contribution is 2.19. The molecule has 1 aromatic carbocycles. The summed E-state index contributed by atoms with van der Waals surface area (Å²) in [6.07, 6.45) is 4.43. The number of thiol groups is 1. The lowest BCUT2D eigenvalue weighted by atomic mass is 10.2. The van der Waals surface area contributed by atoms with Crippen molar-refractivity contribution in [2.75, 3.05) is 0 Å². The zero-order chi connectivity index (χ0) is 11.5. The first-order valence-corrected chi connectivity index (χ1v) is 5.91. The zero-order valence-corrected chi connectivity index (χ0v) is 9.77. The van der Waals surface area contributed by atoms with Crippen LogP contribution in [-0.2, 0) is 0 Å². The van der Waals surface area contributed by atoms with Gasteiger partial charge in [0.1, 0.15) is 5.82 Å². The van der Waals surface area contributed by atoms with Crippen LogP contribution in [0, 0.1) is 5.82 Å². The van der Waals surface area contributed by atoms with Crippen molar-refractivity contribution in [3.63, 3.8) is 0 Å². The highest BCUT2D eigenvalue weighted by molar-refractivity contribution is 7.80. The molecule has 1 fully saturated rings. The van der Waals surface area contributed by atoms with E-state index in [2.05, 4.69) is 17.9 Å². The van der Waals surface area contributed by atoms with Crippen LogP contribution in [0.15, 0.2) is 23.1 Å². The third-order valence-corrected chi connectivity index (χ3v) is 3.24. The molecule has 0 aromatic heterocycles. The molecule has 1 amide bonds. The molecule has 1 aromatic rings. The number of halogens is 1. The second-order valence-corrected chi connectivity index (χ2v) is 4.60. The second-order valence-electron chi connectivity index (χ2n) is 4.12. The van der Waals surface area contributed by atoms with E-state index in [0.717, 1.165) is 12.8 Å². The Morgan fingerprint density at radius 2 is 2.06 bits per heavy atom. The van der Waals surface area contributed by atoms with Gasteiger partial charge in [-0.25, -0.2) is 4.39 Å². The molecular weight excluding hydrogens is 225 g/mol. The van der Waals surface area contributed by atoms with E-state index in [9.17, 15) is 9.18 Å². The minimum Gasteiger partial charge on any atom is -0.349 e. The number of carbonyl (C=O) groups is 1. The molecule has 0 saturated heterocycles. The maximum Gasteiger partial charge on any atom is 0.251 e. The Morgan fingerprint density at radius 3 is 2.69 bits per heavy atom. The Bertz CT molecular complexity index is 402. The van der Waals surface area contributed by atoms with E-state index >= 15 is 0 Å². The summed E-state index contributed by atoms with van der Waals surface area (Å²) in [6, 6.07) is 4.49. The maximum absolute atomic E-state index is 13.0. The quantitative estimate of drug-likeness (QED) is 0.763. The minimum absolute atomic E-state index is 0.137. The summed E-state index contributed by atoms with van der Waals surface area (Å²) in [6.45, 7) is 0. The normalized spacial score (nSPS) is 16.4. The Morgan fingerprint density at radius 1 is 1.38 bits per heavy atom. The van der Waals surface area contributed by atoms with Gasteiger partial charge in [0.25, 0.3) is 5.91 Å². The van der Waals surface area contributed by atoms with Crippen LogP contribution in [-0.4, -0.2) is 11.9 Å². The van der Waals surface area contributed by atoms with Gasteiger partial charge in [0.2, 0.25) is 0 Å². The maximum atomic E-state index is 13.0. The minimum atomic E-state index is -0.402. The molecule has 1 aliphatic carbocycles. The third kappa shape index (κ3) is 2.55. The number of carbonyl (C=O) groups excluding carboxylic acids is 1. The first-order valence-electron chi connectivity index (χ1n) is 5.46. The molecule has 86 valence electrons. The summed E-state index contributed by atoms with van der Waals surface area (Å²) in [5, 5.41) is 2.95. The number of rotatable bonds is 2. The molecule has 1 saturated carbocycles. The molecule has 2 nitrogen and oxygen atoms in total. The molecule has 0 spiro atoms. The number of nitrogens with one attached hydrogen (secondary N) is 1. The van der Waals surface area contributed by atoms with Crippen molar-refractivity contribution < 1.29 is 9.18 Å². The van der Waals surface area contributed by atoms with Crippen LogP contribution in [0.4, 0.5) is 4.39 Å². The Balaban J connectivity index is 2.05. The van der Waals surface area contributed by atoms with E-state index in [1.807, 2.05) is 0 Å². The number of benzene rings is 1. The summed E-state index contributed by atoms with van der Waals surface area (Å²) in [5.74, 6) is -0.539. The number of hydrogen-bond acceptors (Lipinski definition) is 2. The van der Waals surface area contributed by atoms with Gasteiger partial charge < -0.3 is 5.32 Å². The molecule has 4 heteroatoms. The van der Waals surface area contributed by atoms with Crippen molar-refractivity contribution in [2.45, 2.75) is 36.6 Å². The molecule has 2 rings (SSSR count). The van der Waals surface area contributed by atoms with Gasteiger partial charge in [-0.05, 0) is 31.0 Å². The molecule has 0 radical (unpaired) electrons. The molecule has 0 bridgehead atoms. The molecule has 16 heavy (non-hydrogen) atoms. The fourth-order valence-corrected chi connectivity index (χ4v) is 2.21. The van der Waals surface area contributed by atoms with Gasteiger partial charge in [-0.3, -0.25) is 4.79 Å². The number of amides is 1. The predicted molar refractivity (Wildman–Crippen MR) is 63.4 cm³/mol. The lowest BCUT2D eigenvalue weighted by molar-refractivity contribution is 0.0937. The van der Waals surface area contributed by atoms with Crippen LogP contribution in [0.25, 0.3) is 0 Å². The van der Waals surface area contributed by atoms with Crippen LogP contribution in [0.2, 0.25) is 0 Å². The van der Waals surface area contributed by atoms with Crippen LogP contribution >= 0.6 is 12.6 Å². The molecule has 0 aliphatic heterocycles.